The van der Waals surface area contributed by atoms with Crippen LogP contribution in [-0.2, 0) is 6.54 Å². The molecule has 0 atom stereocenters. The molecule has 2 rings (SSSR count). The van der Waals surface area contributed by atoms with Crippen LogP contribution < -0.4 is 5.73 Å². The molecule has 0 saturated heterocycles. The molecule has 1 aromatic rings. The SMILES string of the molecule is CCC1CCC(c2nccc(CN)n2)CC1. The summed E-state index contributed by atoms with van der Waals surface area (Å²) in [6, 6.07) is 1.90. The molecule has 1 saturated carbocycles. The van der Waals surface area contributed by atoms with Crippen molar-refractivity contribution in [2.75, 3.05) is 0 Å². The monoisotopic (exact) mass is 219 g/mol. The Morgan fingerprint density at radius 2 is 2.06 bits per heavy atom. The van der Waals surface area contributed by atoms with Crippen LogP contribution >= 0.6 is 0 Å². The molecule has 1 aliphatic rings. The Bertz CT molecular complexity index is 330. The lowest BCUT2D eigenvalue weighted by Crippen LogP contribution is -2.15. The Labute approximate surface area is 97.5 Å². The molecule has 1 heterocycles. The number of hydrogen-bond donors (Lipinski definition) is 1. The number of rotatable bonds is 3. The summed E-state index contributed by atoms with van der Waals surface area (Å²) in [5, 5.41) is 0. The number of hydrogen-bond acceptors (Lipinski definition) is 3. The molecule has 1 aliphatic carbocycles. The van der Waals surface area contributed by atoms with Crippen molar-refractivity contribution in [1.29, 1.82) is 0 Å². The molecule has 0 aromatic carbocycles. The van der Waals surface area contributed by atoms with Crippen molar-refractivity contribution in [3.8, 4) is 0 Å². The number of nitrogens with two attached hydrogens (primary N) is 1. The molecule has 0 unspecified atom stereocenters. The zero-order valence-electron chi connectivity index (χ0n) is 10.0. The van der Waals surface area contributed by atoms with E-state index in [9.17, 15) is 0 Å². The lowest BCUT2D eigenvalue weighted by molar-refractivity contribution is 0.312. The van der Waals surface area contributed by atoms with Crippen molar-refractivity contribution in [2.24, 2.45) is 11.7 Å². The van der Waals surface area contributed by atoms with Crippen LogP contribution in [0.3, 0.4) is 0 Å². The molecular formula is C13H21N3. The normalized spacial score (nSPS) is 25.6. The summed E-state index contributed by atoms with van der Waals surface area (Å²) in [6.07, 6.45) is 8.31. The lowest BCUT2D eigenvalue weighted by atomic mass is 9.80. The van der Waals surface area contributed by atoms with Crippen LogP contribution in [0.4, 0.5) is 0 Å². The second-order valence-corrected chi connectivity index (χ2v) is 4.74. The second-order valence-electron chi connectivity index (χ2n) is 4.74. The quantitative estimate of drug-likeness (QED) is 0.850. The van der Waals surface area contributed by atoms with Crippen LogP contribution in [0.25, 0.3) is 0 Å². The summed E-state index contributed by atoms with van der Waals surface area (Å²) in [7, 11) is 0. The highest BCUT2D eigenvalue weighted by Crippen LogP contribution is 2.35. The maximum Gasteiger partial charge on any atom is 0.131 e. The Balaban J connectivity index is 2.02. The highest BCUT2D eigenvalue weighted by Gasteiger charge is 2.23. The van der Waals surface area contributed by atoms with Gasteiger partial charge in [0.2, 0.25) is 0 Å². The van der Waals surface area contributed by atoms with Crippen LogP contribution in [-0.4, -0.2) is 9.97 Å². The third kappa shape index (κ3) is 2.59. The molecule has 0 amide bonds. The van der Waals surface area contributed by atoms with E-state index in [2.05, 4.69) is 16.9 Å². The summed E-state index contributed by atoms with van der Waals surface area (Å²) in [6.45, 7) is 2.80. The zero-order valence-corrected chi connectivity index (χ0v) is 10.0. The minimum absolute atomic E-state index is 0.514. The third-order valence-corrected chi connectivity index (χ3v) is 3.73. The first-order chi connectivity index (χ1) is 7.83. The third-order valence-electron chi connectivity index (χ3n) is 3.73. The van der Waals surface area contributed by atoms with E-state index in [1.165, 1.54) is 32.1 Å². The summed E-state index contributed by atoms with van der Waals surface area (Å²) >= 11 is 0. The van der Waals surface area contributed by atoms with Crippen LogP contribution in [0, 0.1) is 5.92 Å². The Hall–Kier alpha value is -0.960. The largest absolute Gasteiger partial charge is 0.325 e. The van der Waals surface area contributed by atoms with Gasteiger partial charge in [-0.25, -0.2) is 9.97 Å². The number of aromatic nitrogens is 2. The van der Waals surface area contributed by atoms with E-state index in [-0.39, 0.29) is 0 Å². The minimum Gasteiger partial charge on any atom is -0.325 e. The topological polar surface area (TPSA) is 51.8 Å². The number of nitrogens with zero attached hydrogens (tertiary/aromatic N) is 2. The first kappa shape index (κ1) is 11.5. The predicted octanol–water partition coefficient (Wildman–Crippen LogP) is 2.62. The van der Waals surface area contributed by atoms with Crippen molar-refractivity contribution in [3.63, 3.8) is 0 Å². The van der Waals surface area contributed by atoms with Crippen molar-refractivity contribution >= 4 is 0 Å². The molecule has 16 heavy (non-hydrogen) atoms. The molecule has 3 heteroatoms. The van der Waals surface area contributed by atoms with Gasteiger partial charge < -0.3 is 5.73 Å². The van der Waals surface area contributed by atoms with Crippen LogP contribution in [0.2, 0.25) is 0 Å². The van der Waals surface area contributed by atoms with E-state index >= 15 is 0 Å². The molecular weight excluding hydrogens is 198 g/mol. The zero-order chi connectivity index (χ0) is 11.4. The van der Waals surface area contributed by atoms with Gasteiger partial charge in [0, 0.05) is 18.7 Å². The Kier molecular flexibility index (Phi) is 3.88. The van der Waals surface area contributed by atoms with Gasteiger partial charge in [0.25, 0.3) is 0 Å². The molecule has 0 aliphatic heterocycles. The van der Waals surface area contributed by atoms with Gasteiger partial charge in [-0.1, -0.05) is 13.3 Å². The highest BCUT2D eigenvalue weighted by atomic mass is 14.9. The maximum absolute atomic E-state index is 5.60. The lowest BCUT2D eigenvalue weighted by Gasteiger charge is -2.26. The summed E-state index contributed by atoms with van der Waals surface area (Å²) in [5.74, 6) is 2.50. The van der Waals surface area contributed by atoms with Gasteiger partial charge >= 0.3 is 0 Å². The van der Waals surface area contributed by atoms with E-state index in [0.29, 0.717) is 12.5 Å². The van der Waals surface area contributed by atoms with Crippen LogP contribution in [0.1, 0.15) is 56.5 Å². The van der Waals surface area contributed by atoms with E-state index in [0.717, 1.165) is 17.4 Å². The van der Waals surface area contributed by atoms with E-state index in [1.807, 2.05) is 12.3 Å². The van der Waals surface area contributed by atoms with Gasteiger partial charge in [-0.15, -0.1) is 0 Å². The predicted molar refractivity (Wildman–Crippen MR) is 64.9 cm³/mol. The smallest absolute Gasteiger partial charge is 0.131 e. The summed E-state index contributed by atoms with van der Waals surface area (Å²) in [4.78, 5) is 8.92. The Morgan fingerprint density at radius 3 is 2.69 bits per heavy atom. The average Bonchev–Trinajstić information content (AvgIpc) is 2.39. The highest BCUT2D eigenvalue weighted by molar-refractivity contribution is 5.06. The molecule has 88 valence electrons. The molecule has 0 spiro atoms. The van der Waals surface area contributed by atoms with Crippen molar-refractivity contribution in [2.45, 2.75) is 51.5 Å². The minimum atomic E-state index is 0.514. The summed E-state index contributed by atoms with van der Waals surface area (Å²) in [5.41, 5.74) is 6.56. The first-order valence-electron chi connectivity index (χ1n) is 6.35. The fourth-order valence-electron chi connectivity index (χ4n) is 2.55. The second kappa shape index (κ2) is 5.39. The maximum atomic E-state index is 5.60. The van der Waals surface area contributed by atoms with Crippen LogP contribution in [0.5, 0.6) is 0 Å². The molecule has 1 fully saturated rings. The van der Waals surface area contributed by atoms with Crippen molar-refractivity contribution in [3.05, 3.63) is 23.8 Å². The van der Waals surface area contributed by atoms with Gasteiger partial charge in [0.15, 0.2) is 0 Å². The average molecular weight is 219 g/mol. The Morgan fingerprint density at radius 1 is 1.31 bits per heavy atom. The first-order valence-corrected chi connectivity index (χ1v) is 6.35. The van der Waals surface area contributed by atoms with E-state index in [1.54, 1.807) is 0 Å². The van der Waals surface area contributed by atoms with Gasteiger partial charge in [-0.2, -0.15) is 0 Å². The van der Waals surface area contributed by atoms with Crippen molar-refractivity contribution < 1.29 is 0 Å². The van der Waals surface area contributed by atoms with Gasteiger partial charge in [-0.3, -0.25) is 0 Å². The van der Waals surface area contributed by atoms with Gasteiger partial charge in [0.1, 0.15) is 5.82 Å². The van der Waals surface area contributed by atoms with E-state index < -0.39 is 0 Å². The van der Waals surface area contributed by atoms with E-state index in [4.69, 9.17) is 5.73 Å². The molecule has 0 radical (unpaired) electrons. The van der Waals surface area contributed by atoms with Crippen LogP contribution in [0.15, 0.2) is 12.3 Å². The molecule has 1 aromatic heterocycles. The molecule has 2 N–H and O–H groups in total. The molecule has 3 nitrogen and oxygen atoms in total. The fraction of sp³-hybridized carbons (Fsp3) is 0.692. The van der Waals surface area contributed by atoms with Gasteiger partial charge in [0.05, 0.1) is 5.69 Å². The fourth-order valence-corrected chi connectivity index (χ4v) is 2.55. The van der Waals surface area contributed by atoms with Gasteiger partial charge in [-0.05, 0) is 37.7 Å². The molecule has 0 bridgehead atoms. The van der Waals surface area contributed by atoms with Crippen molar-refractivity contribution in [1.82, 2.24) is 9.97 Å². The standard InChI is InChI=1S/C13H21N3/c1-2-10-3-5-11(6-4-10)13-15-8-7-12(9-14)16-13/h7-8,10-11H,2-6,9,14H2,1H3. The summed E-state index contributed by atoms with van der Waals surface area (Å²) < 4.78 is 0.